The molecule has 57 heavy (non-hydrogen) atoms. The second kappa shape index (κ2) is 16.4. The van der Waals surface area contributed by atoms with Gasteiger partial charge in [-0.05, 0) is 59.9 Å². The van der Waals surface area contributed by atoms with Crippen LogP contribution in [0.2, 0.25) is 0 Å². The Morgan fingerprint density at radius 3 is 2.60 bits per heavy atom. The molecular weight excluding hydrogens is 719 g/mol. The molecule has 3 atom stereocenters. The van der Waals surface area contributed by atoms with Crippen LogP contribution in [0.3, 0.4) is 0 Å². The van der Waals surface area contributed by atoms with Gasteiger partial charge in [-0.2, -0.15) is 0 Å². The number of aliphatic hydroxyl groups excluding tert-OH is 1. The molecule has 5 N–H and O–H groups in total. The summed E-state index contributed by atoms with van der Waals surface area (Å²) in [5, 5.41) is 36.7. The van der Waals surface area contributed by atoms with Crippen LogP contribution in [0, 0.1) is 11.8 Å². The molecule has 10 heteroatoms. The Kier molecular flexibility index (Phi) is 10.8. The van der Waals surface area contributed by atoms with Crippen molar-refractivity contribution in [2.45, 2.75) is 44.2 Å². The number of piperazine rings is 1. The van der Waals surface area contributed by atoms with Crippen molar-refractivity contribution in [2.75, 3.05) is 38.3 Å². The summed E-state index contributed by atoms with van der Waals surface area (Å²) in [7, 11) is 1.41. The Morgan fingerprint density at radius 2 is 1.81 bits per heavy atom. The summed E-state index contributed by atoms with van der Waals surface area (Å²) in [5.74, 6) is 7.45. The van der Waals surface area contributed by atoms with Gasteiger partial charge in [0.1, 0.15) is 22.7 Å². The number of aromatic nitrogens is 1. The zero-order chi connectivity index (χ0) is 39.5. The van der Waals surface area contributed by atoms with Crippen LogP contribution in [0.1, 0.15) is 41.6 Å². The number of aliphatic hydroxyl groups is 1. The minimum atomic E-state index is -0.838. The van der Waals surface area contributed by atoms with E-state index in [2.05, 4.69) is 52.2 Å². The normalized spacial score (nSPS) is 16.9. The number of nitrogens with zero attached hydrogens (tertiary/aromatic N) is 1. The maximum Gasteiger partial charge on any atom is 0.204 e. The maximum absolute atomic E-state index is 14.3. The number of H-pyrrole nitrogens is 1. The molecule has 0 unspecified atom stereocenters. The number of aromatic hydroxyl groups is 2. The molecule has 10 nitrogen and oxygen atoms in total. The number of rotatable bonds is 10. The number of fused-ring (bicyclic) bond motifs is 8. The van der Waals surface area contributed by atoms with E-state index < -0.39 is 17.5 Å². The van der Waals surface area contributed by atoms with E-state index in [1.54, 1.807) is 18.2 Å². The maximum atomic E-state index is 14.3. The molecular formula is C47H45N3O7. The number of aromatic amines is 1. The molecule has 2 aliphatic heterocycles. The number of nitrogens with one attached hydrogen (secondary N) is 2. The van der Waals surface area contributed by atoms with Gasteiger partial charge >= 0.3 is 0 Å². The highest BCUT2D eigenvalue weighted by atomic mass is 16.5. The largest absolute Gasteiger partial charge is 0.508 e. The predicted octanol–water partition coefficient (Wildman–Crippen LogP) is 7.40. The minimum Gasteiger partial charge on any atom is -0.508 e. The summed E-state index contributed by atoms with van der Waals surface area (Å²) in [6.07, 6.45) is 4.14. The third-order valence-electron chi connectivity index (χ3n) is 10.6. The zero-order valence-corrected chi connectivity index (χ0v) is 31.9. The second-order valence-corrected chi connectivity index (χ2v) is 14.4. The lowest BCUT2D eigenvalue weighted by Gasteiger charge is -2.33. The predicted molar refractivity (Wildman–Crippen MR) is 223 cm³/mol. The number of anilines is 1. The third kappa shape index (κ3) is 7.85. The van der Waals surface area contributed by atoms with Crippen molar-refractivity contribution < 1.29 is 29.2 Å². The molecule has 0 aliphatic carbocycles. The van der Waals surface area contributed by atoms with Crippen molar-refractivity contribution >= 4 is 22.9 Å². The van der Waals surface area contributed by atoms with Gasteiger partial charge in [0.2, 0.25) is 5.75 Å². The molecule has 2 aliphatic rings. The van der Waals surface area contributed by atoms with Gasteiger partial charge < -0.3 is 44.4 Å². The number of ether oxygens (including phenoxy) is 2. The van der Waals surface area contributed by atoms with Crippen LogP contribution in [0.15, 0.2) is 106 Å². The van der Waals surface area contributed by atoms with Gasteiger partial charge in [-0.1, -0.05) is 85.5 Å². The molecule has 2 aromatic heterocycles. The number of benzene rings is 4. The average Bonchev–Trinajstić information content (AvgIpc) is 3.67. The highest BCUT2D eigenvalue weighted by Crippen LogP contribution is 2.49. The number of aryl methyl sites for hydroxylation is 1. The van der Waals surface area contributed by atoms with Crippen molar-refractivity contribution in [1.82, 2.24) is 10.3 Å². The fraction of sp³-hybridized carbons (Fsp3) is 0.255. The van der Waals surface area contributed by atoms with Crippen LogP contribution in [0.4, 0.5) is 5.82 Å². The quantitative estimate of drug-likeness (QED) is 0.0904. The van der Waals surface area contributed by atoms with Crippen LogP contribution >= 0.6 is 0 Å². The summed E-state index contributed by atoms with van der Waals surface area (Å²) in [6, 6.07) is 27.8. The van der Waals surface area contributed by atoms with Gasteiger partial charge in [-0.3, -0.25) is 4.79 Å². The second-order valence-electron chi connectivity index (χ2n) is 14.4. The summed E-state index contributed by atoms with van der Waals surface area (Å²) >= 11 is 0. The molecule has 0 saturated carbocycles. The van der Waals surface area contributed by atoms with E-state index >= 15 is 0 Å². The van der Waals surface area contributed by atoms with E-state index in [0.29, 0.717) is 24.1 Å². The van der Waals surface area contributed by atoms with Gasteiger partial charge in [-0.15, -0.1) is 0 Å². The first-order valence-electron chi connectivity index (χ1n) is 19.3. The van der Waals surface area contributed by atoms with Crippen LogP contribution < -0.4 is 25.1 Å². The van der Waals surface area contributed by atoms with Crippen molar-refractivity contribution in [2.24, 2.45) is 0 Å². The first-order valence-corrected chi connectivity index (χ1v) is 19.3. The number of methoxy groups -OCH3 is 1. The lowest BCUT2D eigenvalue weighted by molar-refractivity contribution is 0.177. The van der Waals surface area contributed by atoms with Gasteiger partial charge in [0.25, 0.3) is 0 Å². The molecule has 4 heterocycles. The van der Waals surface area contributed by atoms with Crippen molar-refractivity contribution in [1.29, 1.82) is 0 Å². The highest BCUT2D eigenvalue weighted by molar-refractivity contribution is 5.94. The monoisotopic (exact) mass is 763 g/mol. The third-order valence-corrected chi connectivity index (χ3v) is 10.6. The fourth-order valence-corrected chi connectivity index (χ4v) is 7.67. The summed E-state index contributed by atoms with van der Waals surface area (Å²) in [5.41, 5.74) is 5.83. The lowest BCUT2D eigenvalue weighted by Crippen LogP contribution is -2.50. The number of hydrogen-bond donors (Lipinski definition) is 5. The smallest absolute Gasteiger partial charge is 0.204 e. The van der Waals surface area contributed by atoms with Crippen LogP contribution in [0.25, 0.3) is 39.5 Å². The Morgan fingerprint density at radius 1 is 0.982 bits per heavy atom. The van der Waals surface area contributed by atoms with E-state index in [0.717, 1.165) is 53.3 Å². The number of phenolic OH excluding ortho intramolecular Hbond substituents is 2. The molecule has 4 bridgehead atoms. The molecule has 0 radical (unpaired) electrons. The average molecular weight is 764 g/mol. The molecule has 0 spiro atoms. The molecule has 0 amide bonds. The van der Waals surface area contributed by atoms with E-state index in [4.69, 9.17) is 13.9 Å². The molecule has 1 saturated heterocycles. The summed E-state index contributed by atoms with van der Waals surface area (Å²) in [4.78, 5) is 20.3. The van der Waals surface area contributed by atoms with Crippen molar-refractivity contribution in [3.05, 3.63) is 130 Å². The Hall–Kier alpha value is -6.41. The van der Waals surface area contributed by atoms with Gasteiger partial charge in [0, 0.05) is 48.9 Å². The molecule has 4 aromatic carbocycles. The van der Waals surface area contributed by atoms with Gasteiger partial charge in [-0.25, -0.2) is 0 Å². The number of phenols is 2. The lowest BCUT2D eigenvalue weighted by atomic mass is 9.88. The summed E-state index contributed by atoms with van der Waals surface area (Å²) in [6.45, 7) is 4.34. The Bertz CT molecular complexity index is 2550. The molecule has 290 valence electrons. The fourth-order valence-electron chi connectivity index (χ4n) is 7.67. The summed E-state index contributed by atoms with van der Waals surface area (Å²) < 4.78 is 18.7. The van der Waals surface area contributed by atoms with Crippen molar-refractivity contribution in [3.63, 3.8) is 0 Å². The standard InChI is InChI=1S/C47H45N3O7/c1-3-34-26-38-32-11-7-10-30(24-32)25-33(13-16-35-28-50(22-21-48-35)47(38)49-34)41-43(54)46(55-2)45(56-23-20-37(52)17-12-29-8-5-4-6-9-29)42-39(53)27-40(57-44(41)42)31-14-18-36(51)19-15-31/h4-12,14-15,17-19,24,26-27,33,35,37,48-49,51-52,54H,3,20-23,25,28H2,1-2H3/b17-12+/t33-,35+,37+/m1/s1. The Balaban J connectivity index is 1.26. The molecule has 1 fully saturated rings. The van der Waals surface area contributed by atoms with Gasteiger partial charge in [0.15, 0.2) is 22.5 Å². The molecule has 6 aromatic rings. The van der Waals surface area contributed by atoms with Crippen LogP contribution in [0.5, 0.6) is 23.0 Å². The number of hydrogen-bond acceptors (Lipinski definition) is 9. The first kappa shape index (κ1) is 37.5. The minimum absolute atomic E-state index is 0.00443. The van der Waals surface area contributed by atoms with Crippen LogP contribution in [-0.2, 0) is 12.8 Å². The van der Waals surface area contributed by atoms with E-state index in [9.17, 15) is 20.1 Å². The van der Waals surface area contributed by atoms with E-state index in [1.165, 1.54) is 25.3 Å². The SMILES string of the molecule is CCc1cc2c([nH]1)N1CCN[C@@H](C#C[C@@H](c3c(O)c(OC)c(OCC[C@@H](O)/C=C/c4ccccc4)c4c(=O)cc(-c5ccc(O)cc5)oc34)Cc3cccc-2c3)C1. The topological polar surface area (TPSA) is 140 Å². The van der Waals surface area contributed by atoms with Crippen molar-refractivity contribution in [3.8, 4) is 57.3 Å². The highest BCUT2D eigenvalue weighted by Gasteiger charge is 2.31. The zero-order valence-electron chi connectivity index (χ0n) is 31.9. The Labute approximate surface area is 331 Å². The first-order chi connectivity index (χ1) is 27.8. The van der Waals surface area contributed by atoms with Crippen LogP contribution in [-0.4, -0.2) is 65.8 Å². The van der Waals surface area contributed by atoms with E-state index in [-0.39, 0.29) is 58.8 Å². The molecule has 8 rings (SSSR count). The van der Waals surface area contributed by atoms with E-state index in [1.807, 2.05) is 48.5 Å². The van der Waals surface area contributed by atoms with Gasteiger partial charge in [0.05, 0.1) is 37.3 Å².